The number of nitrogen functional groups attached to an aromatic ring is 1. The fourth-order valence-electron chi connectivity index (χ4n) is 4.10. The average molecular weight is 586 g/mol. The number of alkyl halides is 1. The normalized spacial score (nSPS) is 25.5. The molecule has 15 heteroatoms. The van der Waals surface area contributed by atoms with E-state index in [1.165, 1.54) is 24.7 Å². The van der Waals surface area contributed by atoms with Crippen LogP contribution in [-0.4, -0.2) is 61.4 Å². The van der Waals surface area contributed by atoms with Crippen molar-refractivity contribution in [2.75, 3.05) is 12.3 Å². The molecule has 3 aromatic rings. The third kappa shape index (κ3) is 6.19. The number of nitrogens with zero attached hydrogens (tertiary/aromatic N) is 3. The SMILES string of the molecule is CC(C)OC(=O)[C@@H](C)N[P@@](=O)(OC[C@H]1OC(n2cc(F)c3c(N)ncnc32)[C@](C)(Cl)[C@@H]1O)Oc1ccccc1. The maximum Gasteiger partial charge on any atom is 0.459 e. The second-order valence-electron chi connectivity index (χ2n) is 9.50. The van der Waals surface area contributed by atoms with Gasteiger partial charge in [-0.25, -0.2) is 18.9 Å². The van der Waals surface area contributed by atoms with E-state index in [0.29, 0.717) is 0 Å². The second-order valence-corrected chi connectivity index (χ2v) is 12.0. The highest BCUT2D eigenvalue weighted by Crippen LogP contribution is 2.49. The van der Waals surface area contributed by atoms with Crippen LogP contribution in [0.2, 0.25) is 0 Å². The van der Waals surface area contributed by atoms with Crippen LogP contribution in [0.25, 0.3) is 11.0 Å². The Morgan fingerprint density at radius 3 is 2.69 bits per heavy atom. The van der Waals surface area contributed by atoms with E-state index in [1.807, 2.05) is 0 Å². The lowest BCUT2D eigenvalue weighted by Crippen LogP contribution is -2.40. The van der Waals surface area contributed by atoms with Crippen molar-refractivity contribution < 1.29 is 37.4 Å². The van der Waals surface area contributed by atoms with Gasteiger partial charge in [-0.3, -0.25) is 9.32 Å². The Bertz CT molecular complexity index is 1380. The van der Waals surface area contributed by atoms with Gasteiger partial charge in [0.05, 0.1) is 18.1 Å². The zero-order valence-electron chi connectivity index (χ0n) is 21.7. The van der Waals surface area contributed by atoms with Crippen molar-refractivity contribution in [3.8, 4) is 5.75 Å². The van der Waals surface area contributed by atoms with E-state index < -0.39 is 61.6 Å². The average Bonchev–Trinajstić information content (AvgIpc) is 3.31. The minimum atomic E-state index is -4.24. The smallest absolute Gasteiger partial charge is 0.459 e. The van der Waals surface area contributed by atoms with Crippen LogP contribution in [0.4, 0.5) is 10.2 Å². The van der Waals surface area contributed by atoms with Gasteiger partial charge in [0.1, 0.15) is 41.0 Å². The van der Waals surface area contributed by atoms with Crippen LogP contribution in [0, 0.1) is 5.82 Å². The summed E-state index contributed by atoms with van der Waals surface area (Å²) in [5.74, 6) is -1.22. The van der Waals surface area contributed by atoms with E-state index in [-0.39, 0.29) is 22.6 Å². The van der Waals surface area contributed by atoms with Crippen molar-refractivity contribution >= 4 is 42.2 Å². The quantitative estimate of drug-likeness (QED) is 0.181. The van der Waals surface area contributed by atoms with Gasteiger partial charge in [0.15, 0.2) is 17.7 Å². The third-order valence-corrected chi connectivity index (χ3v) is 8.05. The van der Waals surface area contributed by atoms with E-state index in [9.17, 15) is 18.9 Å². The van der Waals surface area contributed by atoms with Gasteiger partial charge in [0.25, 0.3) is 0 Å². The number of rotatable bonds is 10. The van der Waals surface area contributed by atoms with Crippen LogP contribution in [0.15, 0.2) is 42.9 Å². The van der Waals surface area contributed by atoms with Gasteiger partial charge in [-0.15, -0.1) is 11.6 Å². The zero-order valence-corrected chi connectivity index (χ0v) is 23.3. The van der Waals surface area contributed by atoms with E-state index in [4.69, 9.17) is 35.9 Å². The van der Waals surface area contributed by atoms with Crippen molar-refractivity contribution in [1.29, 1.82) is 0 Å². The monoisotopic (exact) mass is 585 g/mol. The molecule has 0 spiro atoms. The van der Waals surface area contributed by atoms with Crippen LogP contribution in [0.5, 0.6) is 5.75 Å². The standard InChI is InChI=1S/C24H30ClFN5O7P/c1-13(2)36-22(33)14(3)30-39(34,38-15-8-6-5-7-9-15)35-11-17-19(32)24(4,25)23(37-17)31-10-16(26)18-20(27)28-12-29-21(18)31/h5-10,12-14,17,19,23,32H,11H2,1-4H3,(H,30,34)(H2,27,28,29)/t14-,17-,19-,23?,24-,39-/m1/s1. The molecule has 0 radical (unpaired) electrons. The molecule has 212 valence electrons. The molecule has 0 saturated carbocycles. The lowest BCUT2D eigenvalue weighted by atomic mass is 10.0. The summed E-state index contributed by atoms with van der Waals surface area (Å²) < 4.78 is 52.2. The zero-order chi connectivity index (χ0) is 28.5. The van der Waals surface area contributed by atoms with Crippen LogP contribution >= 0.6 is 19.3 Å². The van der Waals surface area contributed by atoms with Gasteiger partial charge in [0.2, 0.25) is 0 Å². The van der Waals surface area contributed by atoms with Crippen LogP contribution < -0.4 is 15.3 Å². The number of hydrogen-bond donors (Lipinski definition) is 3. The van der Waals surface area contributed by atoms with Crippen molar-refractivity contribution in [1.82, 2.24) is 19.6 Å². The molecule has 2 aromatic heterocycles. The lowest BCUT2D eigenvalue weighted by Gasteiger charge is -2.26. The largest absolute Gasteiger partial charge is 0.462 e. The summed E-state index contributed by atoms with van der Waals surface area (Å²) in [6, 6.07) is 7.12. The number of halogens is 2. The van der Waals surface area contributed by atoms with E-state index >= 15 is 0 Å². The van der Waals surface area contributed by atoms with E-state index in [1.54, 1.807) is 44.2 Å². The van der Waals surface area contributed by atoms with Crippen molar-refractivity contribution in [3.05, 3.63) is 48.7 Å². The molecule has 12 nitrogen and oxygen atoms in total. The number of ether oxygens (including phenoxy) is 2. The molecule has 1 aromatic carbocycles. The second kappa shape index (κ2) is 11.4. The molecule has 0 bridgehead atoms. The summed E-state index contributed by atoms with van der Waals surface area (Å²) in [6.45, 7) is 5.84. The number of para-hydroxylation sites is 1. The minimum absolute atomic E-state index is 0.0185. The molecule has 1 fully saturated rings. The summed E-state index contributed by atoms with van der Waals surface area (Å²) >= 11 is 6.69. The van der Waals surface area contributed by atoms with Crippen LogP contribution in [-0.2, 0) is 23.4 Å². The number of nitrogens with two attached hydrogens (primary N) is 1. The Balaban J connectivity index is 1.56. The number of fused-ring (bicyclic) bond motifs is 1. The van der Waals surface area contributed by atoms with Crippen LogP contribution in [0.3, 0.4) is 0 Å². The summed E-state index contributed by atoms with van der Waals surface area (Å²) in [5, 5.41) is 13.6. The highest BCUT2D eigenvalue weighted by atomic mass is 35.5. The van der Waals surface area contributed by atoms with Gasteiger partial charge < -0.3 is 29.4 Å². The number of carbonyl (C=O) groups is 1. The number of nitrogens with one attached hydrogen (secondary N) is 1. The maximum atomic E-state index is 14.7. The first-order valence-electron chi connectivity index (χ1n) is 12.1. The molecule has 0 amide bonds. The Labute approximate surface area is 229 Å². The molecule has 6 atom stereocenters. The number of aromatic nitrogens is 3. The Morgan fingerprint density at radius 1 is 1.33 bits per heavy atom. The maximum absolute atomic E-state index is 14.7. The highest BCUT2D eigenvalue weighted by molar-refractivity contribution is 7.52. The lowest BCUT2D eigenvalue weighted by molar-refractivity contribution is -0.149. The van der Waals surface area contributed by atoms with Gasteiger partial charge in [0, 0.05) is 6.20 Å². The van der Waals surface area contributed by atoms with Gasteiger partial charge in [-0.05, 0) is 39.8 Å². The van der Waals surface area contributed by atoms with Gasteiger partial charge >= 0.3 is 13.7 Å². The summed E-state index contributed by atoms with van der Waals surface area (Å²) in [6.07, 6.45) is -1.75. The molecule has 1 unspecified atom stereocenters. The molecular formula is C24H30ClFN5O7P. The fourth-order valence-corrected chi connectivity index (χ4v) is 5.90. The van der Waals surface area contributed by atoms with E-state index in [2.05, 4.69) is 15.1 Å². The van der Waals surface area contributed by atoms with Gasteiger partial charge in [-0.2, -0.15) is 5.09 Å². The topological polar surface area (TPSA) is 160 Å². The number of esters is 1. The van der Waals surface area contributed by atoms with Crippen LogP contribution in [0.1, 0.15) is 33.9 Å². The number of aliphatic hydroxyl groups is 1. The number of aliphatic hydroxyl groups excluding tert-OH is 1. The van der Waals surface area contributed by atoms with Crippen molar-refractivity contribution in [2.24, 2.45) is 0 Å². The van der Waals surface area contributed by atoms with Gasteiger partial charge in [-0.1, -0.05) is 18.2 Å². The number of hydrogen-bond acceptors (Lipinski definition) is 10. The highest BCUT2D eigenvalue weighted by Gasteiger charge is 2.54. The predicted molar refractivity (Wildman–Crippen MR) is 141 cm³/mol. The molecule has 39 heavy (non-hydrogen) atoms. The Hall–Kier alpha value is -2.80. The minimum Gasteiger partial charge on any atom is -0.462 e. The number of anilines is 1. The number of benzene rings is 1. The molecule has 4 rings (SSSR count). The molecule has 1 saturated heterocycles. The van der Waals surface area contributed by atoms with E-state index in [0.717, 1.165) is 6.20 Å². The Kier molecular flexibility index (Phi) is 8.50. The molecule has 1 aliphatic rings. The molecule has 3 heterocycles. The molecule has 4 N–H and O–H groups in total. The summed E-state index contributed by atoms with van der Waals surface area (Å²) in [7, 11) is -4.24. The number of carbonyl (C=O) groups excluding carboxylic acids is 1. The molecular weight excluding hydrogens is 556 g/mol. The molecule has 0 aliphatic carbocycles. The first kappa shape index (κ1) is 29.2. The van der Waals surface area contributed by atoms with Crippen molar-refractivity contribution in [2.45, 2.75) is 63.2 Å². The first-order valence-corrected chi connectivity index (χ1v) is 14.0. The summed E-state index contributed by atoms with van der Waals surface area (Å²) in [4.78, 5) is 18.8. The molecule has 1 aliphatic heterocycles. The van der Waals surface area contributed by atoms with Crippen molar-refractivity contribution in [3.63, 3.8) is 0 Å². The fraction of sp³-hybridized carbons (Fsp3) is 0.458. The first-order chi connectivity index (χ1) is 18.3. The predicted octanol–water partition coefficient (Wildman–Crippen LogP) is 3.54. The third-order valence-electron chi connectivity index (χ3n) is 6.00. The summed E-state index contributed by atoms with van der Waals surface area (Å²) in [5.41, 5.74) is 5.92. The Morgan fingerprint density at radius 2 is 2.03 bits per heavy atom.